The van der Waals surface area contributed by atoms with Crippen LogP contribution in [-0.2, 0) is 17.9 Å². The van der Waals surface area contributed by atoms with Crippen molar-refractivity contribution in [1.29, 1.82) is 0 Å². The summed E-state index contributed by atoms with van der Waals surface area (Å²) in [5.74, 6) is -1.16. The lowest BCUT2D eigenvalue weighted by Gasteiger charge is -2.16. The van der Waals surface area contributed by atoms with Gasteiger partial charge in [0.2, 0.25) is 5.43 Å². The van der Waals surface area contributed by atoms with Crippen LogP contribution >= 0.6 is 0 Å². The molecule has 100 valence electrons. The highest BCUT2D eigenvalue weighted by Crippen LogP contribution is 2.08. The van der Waals surface area contributed by atoms with Gasteiger partial charge in [0.15, 0.2) is 5.75 Å². The fourth-order valence-corrected chi connectivity index (χ4v) is 1.67. The minimum absolute atomic E-state index is 0.0638. The molecule has 1 rings (SSSR count). The highest BCUT2D eigenvalue weighted by molar-refractivity contribution is 5.66. The Bertz CT molecular complexity index is 479. The Labute approximate surface area is 105 Å². The van der Waals surface area contributed by atoms with Gasteiger partial charge in [0.05, 0.1) is 6.20 Å². The normalized spacial score (nSPS) is 10.8. The quantitative estimate of drug-likeness (QED) is 0.771. The number of carboxylic acid groups (broad SMARTS) is 1. The van der Waals surface area contributed by atoms with Gasteiger partial charge in [-0.25, -0.2) is 0 Å². The van der Waals surface area contributed by atoms with E-state index in [0.29, 0.717) is 19.5 Å². The standard InChI is InChI=1S/C12H18N2O4/c1-13(2)7-9-6-10(15)11(16)8-14(9)5-3-4-12(17)18/h6,8,16H,3-5,7H2,1-2H3,(H,17,18). The van der Waals surface area contributed by atoms with E-state index in [1.165, 1.54) is 12.3 Å². The first-order valence-corrected chi connectivity index (χ1v) is 5.69. The summed E-state index contributed by atoms with van der Waals surface area (Å²) in [5, 5.41) is 18.0. The Balaban J connectivity index is 2.89. The number of hydrogen-bond acceptors (Lipinski definition) is 4. The maximum absolute atomic E-state index is 11.4. The van der Waals surface area contributed by atoms with E-state index < -0.39 is 11.4 Å². The van der Waals surface area contributed by atoms with Crippen molar-refractivity contribution in [2.24, 2.45) is 0 Å². The van der Waals surface area contributed by atoms with E-state index >= 15 is 0 Å². The molecule has 0 aromatic carbocycles. The van der Waals surface area contributed by atoms with Gasteiger partial charge in [0.25, 0.3) is 0 Å². The fourth-order valence-electron chi connectivity index (χ4n) is 1.67. The van der Waals surface area contributed by atoms with Gasteiger partial charge in [-0.15, -0.1) is 0 Å². The highest BCUT2D eigenvalue weighted by atomic mass is 16.4. The first kappa shape index (κ1) is 14.2. The highest BCUT2D eigenvalue weighted by Gasteiger charge is 2.07. The van der Waals surface area contributed by atoms with Crippen molar-refractivity contribution in [3.63, 3.8) is 0 Å². The van der Waals surface area contributed by atoms with Crippen LogP contribution in [0, 0.1) is 0 Å². The molecule has 0 bridgehead atoms. The zero-order chi connectivity index (χ0) is 13.7. The van der Waals surface area contributed by atoms with Crippen molar-refractivity contribution >= 4 is 5.97 Å². The molecule has 0 saturated heterocycles. The minimum atomic E-state index is -0.852. The second-order valence-corrected chi connectivity index (χ2v) is 4.44. The molecule has 1 aromatic rings. The molecule has 6 heteroatoms. The predicted octanol–water partition coefficient (Wildman–Crippen LogP) is 0.480. The SMILES string of the molecule is CN(C)Cc1cc(=O)c(O)cn1CCCC(=O)O. The molecule has 2 N–H and O–H groups in total. The number of aromatic hydroxyl groups is 1. The van der Waals surface area contributed by atoms with E-state index in [0.717, 1.165) is 5.69 Å². The third-order valence-corrected chi connectivity index (χ3v) is 2.47. The van der Waals surface area contributed by atoms with Gasteiger partial charge >= 0.3 is 5.97 Å². The van der Waals surface area contributed by atoms with Crippen LogP contribution in [0.3, 0.4) is 0 Å². The number of carboxylic acids is 1. The number of hydrogen-bond donors (Lipinski definition) is 2. The average Bonchev–Trinajstić information content (AvgIpc) is 2.23. The summed E-state index contributed by atoms with van der Waals surface area (Å²) in [6.07, 6.45) is 1.88. The second kappa shape index (κ2) is 6.20. The topological polar surface area (TPSA) is 82.8 Å². The number of aromatic nitrogens is 1. The van der Waals surface area contributed by atoms with Gasteiger partial charge in [0.1, 0.15) is 0 Å². The molecule has 0 spiro atoms. The van der Waals surface area contributed by atoms with Gasteiger partial charge in [-0.2, -0.15) is 0 Å². The Morgan fingerprint density at radius 3 is 2.67 bits per heavy atom. The first-order valence-electron chi connectivity index (χ1n) is 5.69. The lowest BCUT2D eigenvalue weighted by atomic mass is 10.2. The monoisotopic (exact) mass is 254 g/mol. The molecule has 0 atom stereocenters. The van der Waals surface area contributed by atoms with Crippen molar-refractivity contribution in [2.75, 3.05) is 14.1 Å². The van der Waals surface area contributed by atoms with E-state index in [1.54, 1.807) is 4.57 Å². The lowest BCUT2D eigenvalue weighted by Crippen LogP contribution is -2.19. The zero-order valence-corrected chi connectivity index (χ0v) is 10.6. The van der Waals surface area contributed by atoms with Gasteiger partial charge < -0.3 is 19.7 Å². The van der Waals surface area contributed by atoms with Crippen LogP contribution in [0.2, 0.25) is 0 Å². The summed E-state index contributed by atoms with van der Waals surface area (Å²) in [6, 6.07) is 1.39. The fraction of sp³-hybridized carbons (Fsp3) is 0.500. The molecule has 1 aromatic heterocycles. The third-order valence-electron chi connectivity index (χ3n) is 2.47. The van der Waals surface area contributed by atoms with Gasteiger partial charge in [-0.05, 0) is 20.5 Å². The molecule has 0 saturated carbocycles. The molecular formula is C12H18N2O4. The first-order chi connectivity index (χ1) is 8.40. The van der Waals surface area contributed by atoms with Gasteiger partial charge in [-0.1, -0.05) is 0 Å². The summed E-state index contributed by atoms with van der Waals surface area (Å²) in [4.78, 5) is 23.7. The molecule has 0 aliphatic carbocycles. The van der Waals surface area contributed by atoms with Crippen molar-refractivity contribution in [2.45, 2.75) is 25.9 Å². The zero-order valence-electron chi connectivity index (χ0n) is 10.6. The molecule has 0 radical (unpaired) electrons. The molecule has 6 nitrogen and oxygen atoms in total. The Hall–Kier alpha value is -1.82. The number of pyridine rings is 1. The van der Waals surface area contributed by atoms with E-state index in [-0.39, 0.29) is 12.2 Å². The molecule has 1 heterocycles. The number of carbonyl (C=O) groups is 1. The predicted molar refractivity (Wildman–Crippen MR) is 66.6 cm³/mol. The van der Waals surface area contributed by atoms with Crippen LogP contribution < -0.4 is 5.43 Å². The van der Waals surface area contributed by atoms with Crippen LogP contribution in [0.4, 0.5) is 0 Å². The second-order valence-electron chi connectivity index (χ2n) is 4.44. The molecule has 0 aliphatic heterocycles. The van der Waals surface area contributed by atoms with Crippen molar-refractivity contribution in [3.05, 3.63) is 28.2 Å². The van der Waals surface area contributed by atoms with E-state index in [4.69, 9.17) is 5.11 Å². The maximum atomic E-state index is 11.4. The van der Waals surface area contributed by atoms with Crippen LogP contribution in [0.5, 0.6) is 5.75 Å². The molecule has 0 aliphatic rings. The van der Waals surface area contributed by atoms with E-state index in [2.05, 4.69) is 0 Å². The summed E-state index contributed by atoms with van der Waals surface area (Å²) in [6.45, 7) is 1.02. The molecule has 0 fully saturated rings. The molecule has 18 heavy (non-hydrogen) atoms. The average molecular weight is 254 g/mol. The van der Waals surface area contributed by atoms with Crippen LogP contribution in [0.15, 0.2) is 17.1 Å². The molecule has 0 amide bonds. The van der Waals surface area contributed by atoms with Crippen molar-refractivity contribution in [3.8, 4) is 5.75 Å². The number of rotatable bonds is 6. The molecular weight excluding hydrogens is 236 g/mol. The number of aryl methyl sites for hydroxylation is 1. The summed E-state index contributed by atoms with van der Waals surface area (Å²) in [7, 11) is 3.75. The maximum Gasteiger partial charge on any atom is 0.303 e. The minimum Gasteiger partial charge on any atom is -0.503 e. The van der Waals surface area contributed by atoms with Gasteiger partial charge in [-0.3, -0.25) is 9.59 Å². The lowest BCUT2D eigenvalue weighted by molar-refractivity contribution is -0.137. The van der Waals surface area contributed by atoms with Crippen molar-refractivity contribution < 1.29 is 15.0 Å². The smallest absolute Gasteiger partial charge is 0.303 e. The Morgan fingerprint density at radius 2 is 2.11 bits per heavy atom. The van der Waals surface area contributed by atoms with Crippen LogP contribution in [-0.4, -0.2) is 39.7 Å². The van der Waals surface area contributed by atoms with Crippen LogP contribution in [0.1, 0.15) is 18.5 Å². The van der Waals surface area contributed by atoms with Gasteiger partial charge in [0, 0.05) is 31.3 Å². The van der Waals surface area contributed by atoms with E-state index in [9.17, 15) is 14.7 Å². The van der Waals surface area contributed by atoms with Crippen molar-refractivity contribution in [1.82, 2.24) is 9.47 Å². The summed E-state index contributed by atoms with van der Waals surface area (Å²) in [5.41, 5.74) is 0.342. The Kier molecular flexibility index (Phi) is 4.91. The molecule has 0 unspecified atom stereocenters. The van der Waals surface area contributed by atoms with Crippen LogP contribution in [0.25, 0.3) is 0 Å². The van der Waals surface area contributed by atoms with E-state index in [1.807, 2.05) is 19.0 Å². The Morgan fingerprint density at radius 1 is 1.44 bits per heavy atom. The number of nitrogens with zero attached hydrogens (tertiary/aromatic N) is 2. The summed E-state index contributed by atoms with van der Waals surface area (Å²) >= 11 is 0. The summed E-state index contributed by atoms with van der Waals surface area (Å²) < 4.78 is 1.72. The largest absolute Gasteiger partial charge is 0.503 e. The number of aliphatic carboxylic acids is 1. The third kappa shape index (κ3) is 4.21.